The molecule has 1 saturated heterocycles. The maximum absolute atomic E-state index is 11.7. The van der Waals surface area contributed by atoms with Crippen LogP contribution in [0.5, 0.6) is 0 Å². The Morgan fingerprint density at radius 3 is 2.11 bits per heavy atom. The third-order valence-electron chi connectivity index (χ3n) is 4.98. The van der Waals surface area contributed by atoms with Crippen LogP contribution in [0.4, 0.5) is 0 Å². The maximum Gasteiger partial charge on any atom is 0.494 e. The van der Waals surface area contributed by atoms with E-state index in [1.165, 1.54) is 6.92 Å². The lowest BCUT2D eigenvalue weighted by Crippen LogP contribution is -2.44. The molecule has 1 aliphatic heterocycles. The first-order valence-corrected chi connectivity index (χ1v) is 9.01. The highest BCUT2D eigenvalue weighted by Gasteiger charge is 2.51. The third-order valence-corrected chi connectivity index (χ3v) is 4.98. The van der Waals surface area contributed by atoms with E-state index in [4.69, 9.17) is 9.31 Å². The molecule has 2 rings (SSSR count). The fraction of sp³-hybridized carbons (Fsp3) is 0.526. The minimum Gasteiger partial charge on any atom is -0.480 e. The Balaban J connectivity index is 2.01. The van der Waals surface area contributed by atoms with Gasteiger partial charge >= 0.3 is 19.1 Å². The summed E-state index contributed by atoms with van der Waals surface area (Å²) >= 11 is 0. The van der Waals surface area contributed by atoms with Crippen LogP contribution in [0.2, 0.25) is 0 Å². The topological polar surface area (TPSA) is 111 Å². The van der Waals surface area contributed by atoms with E-state index in [1.54, 1.807) is 12.1 Å². The van der Waals surface area contributed by atoms with Crippen molar-refractivity contribution in [3.63, 3.8) is 0 Å². The molecule has 1 aliphatic rings. The number of hydrogen-bond donors (Lipinski definition) is 2. The summed E-state index contributed by atoms with van der Waals surface area (Å²) in [4.78, 5) is 33.9. The van der Waals surface area contributed by atoms with Crippen molar-refractivity contribution in [2.45, 2.75) is 58.3 Å². The monoisotopic (exact) mass is 391 g/mol. The van der Waals surface area contributed by atoms with Gasteiger partial charge < -0.3 is 24.5 Å². The molecule has 0 unspecified atom stereocenters. The first-order valence-electron chi connectivity index (χ1n) is 9.01. The zero-order chi connectivity index (χ0) is 21.1. The van der Waals surface area contributed by atoms with E-state index in [0.717, 1.165) is 11.0 Å². The molecular formula is C19H26BNO7. The van der Waals surface area contributed by atoms with Crippen molar-refractivity contribution < 1.29 is 33.5 Å². The Labute approximate surface area is 164 Å². The first-order chi connectivity index (χ1) is 12.9. The quantitative estimate of drug-likeness (QED) is 0.519. The molecule has 1 heterocycles. The van der Waals surface area contributed by atoms with Crippen LogP contribution in [-0.2, 0) is 34.9 Å². The predicted octanol–water partition coefficient (Wildman–Crippen LogP) is 0.661. The van der Waals surface area contributed by atoms with Crippen molar-refractivity contribution in [1.29, 1.82) is 0 Å². The van der Waals surface area contributed by atoms with Crippen molar-refractivity contribution in [2.75, 3.05) is 6.61 Å². The van der Waals surface area contributed by atoms with Crippen LogP contribution in [0.3, 0.4) is 0 Å². The Hall–Kier alpha value is -2.39. The van der Waals surface area contributed by atoms with Gasteiger partial charge in [0.1, 0.15) is 6.04 Å². The van der Waals surface area contributed by atoms with E-state index in [9.17, 15) is 19.5 Å². The summed E-state index contributed by atoms with van der Waals surface area (Å²) in [7, 11) is -0.502. The van der Waals surface area contributed by atoms with Crippen LogP contribution in [0.1, 0.15) is 40.2 Å². The molecule has 1 aromatic rings. The van der Waals surface area contributed by atoms with Crippen molar-refractivity contribution in [3.8, 4) is 0 Å². The molecule has 1 fully saturated rings. The number of amides is 1. The van der Waals surface area contributed by atoms with Gasteiger partial charge in [0.25, 0.3) is 5.91 Å². The molecule has 1 atom stereocenters. The molecule has 2 N–H and O–H groups in total. The second kappa shape index (κ2) is 8.32. The number of rotatable bonds is 7. The van der Waals surface area contributed by atoms with Crippen molar-refractivity contribution in [1.82, 2.24) is 5.32 Å². The molecule has 0 aromatic heterocycles. The van der Waals surface area contributed by atoms with E-state index >= 15 is 0 Å². The molecule has 0 spiro atoms. The van der Waals surface area contributed by atoms with Crippen molar-refractivity contribution in [2.24, 2.45) is 0 Å². The minimum atomic E-state index is -1.17. The van der Waals surface area contributed by atoms with E-state index in [1.807, 2.05) is 39.8 Å². The number of aliphatic carboxylic acids is 1. The summed E-state index contributed by atoms with van der Waals surface area (Å²) in [6.07, 6.45) is 0.0881. The number of esters is 1. The van der Waals surface area contributed by atoms with Crippen molar-refractivity contribution >= 4 is 30.4 Å². The van der Waals surface area contributed by atoms with Crippen LogP contribution >= 0.6 is 0 Å². The summed E-state index contributed by atoms with van der Waals surface area (Å²) in [5.41, 5.74) is 0.655. The number of benzene rings is 1. The standard InChI is InChI=1S/C19H26BNO7/c1-12(22)26-11-16(23)21-15(17(24)25)10-13-6-8-14(9-7-13)20-27-18(2,3)19(4,5)28-20/h6-9,15H,10-11H2,1-5H3,(H,21,23)(H,24,25)/t15-/m0/s1. The van der Waals surface area contributed by atoms with Gasteiger partial charge in [-0.1, -0.05) is 24.3 Å². The molecule has 0 radical (unpaired) electrons. The van der Waals surface area contributed by atoms with Crippen LogP contribution in [-0.4, -0.2) is 53.9 Å². The van der Waals surface area contributed by atoms with Gasteiger partial charge in [-0.25, -0.2) is 4.79 Å². The fourth-order valence-corrected chi connectivity index (χ4v) is 2.63. The zero-order valence-corrected chi connectivity index (χ0v) is 16.8. The molecule has 9 heteroatoms. The summed E-state index contributed by atoms with van der Waals surface area (Å²) in [5, 5.41) is 11.7. The molecule has 8 nitrogen and oxygen atoms in total. The second-order valence-corrected chi connectivity index (χ2v) is 7.77. The highest BCUT2D eigenvalue weighted by molar-refractivity contribution is 6.62. The molecule has 152 valence electrons. The van der Waals surface area contributed by atoms with Crippen LogP contribution < -0.4 is 10.8 Å². The van der Waals surface area contributed by atoms with Gasteiger partial charge in [-0.3, -0.25) is 9.59 Å². The molecule has 1 amide bonds. The maximum atomic E-state index is 11.7. The van der Waals surface area contributed by atoms with Gasteiger partial charge in [0.05, 0.1) is 11.2 Å². The Morgan fingerprint density at radius 2 is 1.64 bits per heavy atom. The average Bonchev–Trinajstić information content (AvgIpc) is 2.80. The number of carboxylic acids is 1. The number of carboxylic acid groups (broad SMARTS) is 1. The van der Waals surface area contributed by atoms with Gasteiger partial charge in [-0.15, -0.1) is 0 Å². The molecule has 28 heavy (non-hydrogen) atoms. The number of ether oxygens (including phenoxy) is 1. The van der Waals surface area contributed by atoms with E-state index < -0.39 is 48.8 Å². The molecule has 1 aromatic carbocycles. The average molecular weight is 391 g/mol. The first kappa shape index (κ1) is 21.9. The Kier molecular flexibility index (Phi) is 6.51. The lowest BCUT2D eigenvalue weighted by atomic mass is 9.78. The summed E-state index contributed by atoms with van der Waals surface area (Å²) in [6.45, 7) is 8.53. The van der Waals surface area contributed by atoms with E-state index in [-0.39, 0.29) is 6.42 Å². The van der Waals surface area contributed by atoms with Gasteiger partial charge in [-0.05, 0) is 38.7 Å². The van der Waals surface area contributed by atoms with Gasteiger partial charge in [0, 0.05) is 13.3 Å². The number of carbonyl (C=O) groups is 3. The molecule has 0 aliphatic carbocycles. The summed E-state index contributed by atoms with van der Waals surface area (Å²) in [6, 6.07) is 6.04. The summed E-state index contributed by atoms with van der Waals surface area (Å²) in [5.74, 6) is -2.46. The van der Waals surface area contributed by atoms with Gasteiger partial charge in [-0.2, -0.15) is 0 Å². The molecule has 0 saturated carbocycles. The number of hydrogen-bond acceptors (Lipinski definition) is 6. The van der Waals surface area contributed by atoms with Crippen molar-refractivity contribution in [3.05, 3.63) is 29.8 Å². The fourth-order valence-electron chi connectivity index (χ4n) is 2.63. The van der Waals surface area contributed by atoms with Gasteiger partial charge in [0.2, 0.25) is 0 Å². The van der Waals surface area contributed by atoms with Gasteiger partial charge in [0.15, 0.2) is 6.61 Å². The highest BCUT2D eigenvalue weighted by Crippen LogP contribution is 2.36. The second-order valence-electron chi connectivity index (χ2n) is 7.77. The van der Waals surface area contributed by atoms with Crippen LogP contribution in [0, 0.1) is 0 Å². The van der Waals surface area contributed by atoms with E-state index in [0.29, 0.717) is 0 Å². The SMILES string of the molecule is CC(=O)OCC(=O)N[C@@H](Cc1ccc(B2OC(C)(C)C(C)(C)O2)cc1)C(=O)O. The van der Waals surface area contributed by atoms with Crippen LogP contribution in [0.25, 0.3) is 0 Å². The minimum absolute atomic E-state index is 0.0881. The normalized spacial score (nSPS) is 18.4. The molecule has 0 bridgehead atoms. The third kappa shape index (κ3) is 5.33. The smallest absolute Gasteiger partial charge is 0.480 e. The number of carbonyl (C=O) groups excluding carboxylic acids is 2. The molecular weight excluding hydrogens is 365 g/mol. The van der Waals surface area contributed by atoms with E-state index in [2.05, 4.69) is 10.1 Å². The number of nitrogens with one attached hydrogen (secondary N) is 1. The summed E-state index contributed by atoms with van der Waals surface area (Å²) < 4.78 is 16.6. The Morgan fingerprint density at radius 1 is 1.11 bits per heavy atom. The Bertz CT molecular complexity index is 729. The lowest BCUT2D eigenvalue weighted by molar-refractivity contribution is -0.148. The largest absolute Gasteiger partial charge is 0.494 e. The lowest BCUT2D eigenvalue weighted by Gasteiger charge is -2.32. The van der Waals surface area contributed by atoms with Crippen LogP contribution in [0.15, 0.2) is 24.3 Å². The predicted molar refractivity (Wildman–Crippen MR) is 102 cm³/mol. The zero-order valence-electron chi connectivity index (χ0n) is 16.8. The highest BCUT2D eigenvalue weighted by atomic mass is 16.7.